The van der Waals surface area contributed by atoms with Crippen molar-refractivity contribution in [2.75, 3.05) is 7.05 Å². The Kier molecular flexibility index (Phi) is 4.11. The molecule has 0 fully saturated rings. The van der Waals surface area contributed by atoms with Crippen LogP contribution in [-0.2, 0) is 0 Å². The monoisotopic (exact) mass is 213 g/mol. The molecule has 0 aliphatic rings. The summed E-state index contributed by atoms with van der Waals surface area (Å²) in [5.74, 6) is -0.279. The summed E-state index contributed by atoms with van der Waals surface area (Å²) in [5.41, 5.74) is 0.622. The molecular weight excluding hydrogens is 201 g/mol. The molecule has 3 heteroatoms. The average Bonchev–Trinajstić information content (AvgIpc) is 2.15. The SMILES string of the molecule is C=CCC(NC)c1ccc(Cl)cc1F. The highest BCUT2D eigenvalue weighted by molar-refractivity contribution is 6.30. The molecule has 0 spiro atoms. The van der Waals surface area contributed by atoms with Crippen molar-refractivity contribution in [3.05, 3.63) is 47.3 Å². The van der Waals surface area contributed by atoms with E-state index in [1.165, 1.54) is 6.07 Å². The quantitative estimate of drug-likeness (QED) is 0.757. The van der Waals surface area contributed by atoms with Gasteiger partial charge in [0.05, 0.1) is 0 Å². The molecule has 1 aromatic rings. The maximum absolute atomic E-state index is 13.5. The van der Waals surface area contributed by atoms with Gasteiger partial charge in [-0.05, 0) is 25.6 Å². The van der Waals surface area contributed by atoms with Gasteiger partial charge in [0.25, 0.3) is 0 Å². The molecule has 1 aromatic carbocycles. The third-order valence-electron chi connectivity index (χ3n) is 2.09. The van der Waals surface area contributed by atoms with Crippen LogP contribution in [0.2, 0.25) is 5.02 Å². The van der Waals surface area contributed by atoms with Crippen LogP contribution >= 0.6 is 11.6 Å². The lowest BCUT2D eigenvalue weighted by atomic mass is 10.0. The van der Waals surface area contributed by atoms with E-state index < -0.39 is 0 Å². The first-order valence-electron chi connectivity index (χ1n) is 4.42. The van der Waals surface area contributed by atoms with Crippen LogP contribution in [0.15, 0.2) is 30.9 Å². The van der Waals surface area contributed by atoms with Crippen molar-refractivity contribution in [2.24, 2.45) is 0 Å². The third-order valence-corrected chi connectivity index (χ3v) is 2.32. The first kappa shape index (κ1) is 11.2. The van der Waals surface area contributed by atoms with Crippen molar-refractivity contribution in [3.8, 4) is 0 Å². The van der Waals surface area contributed by atoms with E-state index in [1.54, 1.807) is 25.3 Å². The number of hydrogen-bond acceptors (Lipinski definition) is 1. The van der Waals surface area contributed by atoms with Gasteiger partial charge in [0, 0.05) is 16.6 Å². The van der Waals surface area contributed by atoms with E-state index >= 15 is 0 Å². The van der Waals surface area contributed by atoms with Crippen molar-refractivity contribution in [2.45, 2.75) is 12.5 Å². The lowest BCUT2D eigenvalue weighted by molar-refractivity contribution is 0.540. The van der Waals surface area contributed by atoms with Gasteiger partial charge in [-0.25, -0.2) is 4.39 Å². The highest BCUT2D eigenvalue weighted by Crippen LogP contribution is 2.22. The minimum atomic E-state index is -0.279. The Hall–Kier alpha value is -0.860. The maximum Gasteiger partial charge on any atom is 0.129 e. The predicted molar refractivity (Wildman–Crippen MR) is 58.0 cm³/mol. The third kappa shape index (κ3) is 2.56. The predicted octanol–water partition coefficient (Wildman–Crippen LogP) is 3.32. The lowest BCUT2D eigenvalue weighted by Crippen LogP contribution is -2.16. The standard InChI is InChI=1S/C11H13ClFN/c1-3-4-11(14-2)9-6-5-8(12)7-10(9)13/h3,5-7,11,14H,1,4H2,2H3. The molecule has 0 saturated carbocycles. The Bertz CT molecular complexity index is 325. The molecule has 0 saturated heterocycles. The molecule has 0 heterocycles. The first-order chi connectivity index (χ1) is 6.69. The second-order valence-electron chi connectivity index (χ2n) is 3.03. The van der Waals surface area contributed by atoms with Crippen LogP contribution in [0.1, 0.15) is 18.0 Å². The van der Waals surface area contributed by atoms with Crippen molar-refractivity contribution in [1.82, 2.24) is 5.32 Å². The Labute approximate surface area is 88.6 Å². The molecule has 1 N–H and O–H groups in total. The van der Waals surface area contributed by atoms with E-state index in [1.807, 2.05) is 0 Å². The van der Waals surface area contributed by atoms with Gasteiger partial charge in [-0.2, -0.15) is 0 Å². The second kappa shape index (κ2) is 5.13. The van der Waals surface area contributed by atoms with Crippen LogP contribution in [-0.4, -0.2) is 7.05 Å². The minimum absolute atomic E-state index is 0.0373. The fraction of sp³-hybridized carbons (Fsp3) is 0.273. The zero-order valence-electron chi connectivity index (χ0n) is 8.06. The van der Waals surface area contributed by atoms with E-state index in [4.69, 9.17) is 11.6 Å². The summed E-state index contributed by atoms with van der Waals surface area (Å²) in [4.78, 5) is 0. The van der Waals surface area contributed by atoms with Gasteiger partial charge in [-0.15, -0.1) is 6.58 Å². The Morgan fingerprint density at radius 2 is 2.36 bits per heavy atom. The molecule has 0 aliphatic heterocycles. The van der Waals surface area contributed by atoms with Gasteiger partial charge in [0.2, 0.25) is 0 Å². The molecule has 0 bridgehead atoms. The Morgan fingerprint density at radius 1 is 1.64 bits per heavy atom. The minimum Gasteiger partial charge on any atom is -0.313 e. The fourth-order valence-corrected chi connectivity index (χ4v) is 1.51. The topological polar surface area (TPSA) is 12.0 Å². The number of hydrogen-bond donors (Lipinski definition) is 1. The summed E-state index contributed by atoms with van der Waals surface area (Å²) in [6.45, 7) is 3.63. The molecule has 76 valence electrons. The zero-order chi connectivity index (χ0) is 10.6. The summed E-state index contributed by atoms with van der Waals surface area (Å²) in [7, 11) is 1.79. The van der Waals surface area contributed by atoms with Crippen LogP contribution in [0.25, 0.3) is 0 Å². The van der Waals surface area contributed by atoms with Crippen LogP contribution < -0.4 is 5.32 Å². The van der Waals surface area contributed by atoms with Crippen LogP contribution in [0.4, 0.5) is 4.39 Å². The van der Waals surface area contributed by atoms with E-state index in [0.717, 1.165) is 0 Å². The summed E-state index contributed by atoms with van der Waals surface area (Å²) in [6, 6.07) is 4.67. The fourth-order valence-electron chi connectivity index (χ4n) is 1.35. The molecule has 1 rings (SSSR count). The highest BCUT2D eigenvalue weighted by Gasteiger charge is 2.12. The molecule has 1 atom stereocenters. The first-order valence-corrected chi connectivity index (χ1v) is 4.80. The van der Waals surface area contributed by atoms with Gasteiger partial charge >= 0.3 is 0 Å². The largest absolute Gasteiger partial charge is 0.313 e. The van der Waals surface area contributed by atoms with E-state index in [9.17, 15) is 4.39 Å². The molecule has 14 heavy (non-hydrogen) atoms. The lowest BCUT2D eigenvalue weighted by Gasteiger charge is -2.15. The summed E-state index contributed by atoms with van der Waals surface area (Å²) < 4.78 is 13.5. The molecule has 0 aliphatic carbocycles. The van der Waals surface area contributed by atoms with Crippen LogP contribution in [0.5, 0.6) is 0 Å². The molecule has 0 aromatic heterocycles. The molecule has 0 amide bonds. The number of rotatable bonds is 4. The van der Waals surface area contributed by atoms with Crippen LogP contribution in [0.3, 0.4) is 0 Å². The van der Waals surface area contributed by atoms with Gasteiger partial charge in [-0.3, -0.25) is 0 Å². The van der Waals surface area contributed by atoms with Gasteiger partial charge in [-0.1, -0.05) is 23.7 Å². The van der Waals surface area contributed by atoms with E-state index in [2.05, 4.69) is 11.9 Å². The number of halogens is 2. The number of benzene rings is 1. The maximum atomic E-state index is 13.5. The Morgan fingerprint density at radius 3 is 2.86 bits per heavy atom. The van der Waals surface area contributed by atoms with E-state index in [0.29, 0.717) is 17.0 Å². The summed E-state index contributed by atoms with van der Waals surface area (Å²) in [5, 5.41) is 3.44. The van der Waals surface area contributed by atoms with Crippen molar-refractivity contribution in [1.29, 1.82) is 0 Å². The second-order valence-corrected chi connectivity index (χ2v) is 3.47. The summed E-state index contributed by atoms with van der Waals surface area (Å²) in [6.07, 6.45) is 2.45. The highest BCUT2D eigenvalue weighted by atomic mass is 35.5. The van der Waals surface area contributed by atoms with Crippen molar-refractivity contribution >= 4 is 11.6 Å². The van der Waals surface area contributed by atoms with E-state index in [-0.39, 0.29) is 11.9 Å². The average molecular weight is 214 g/mol. The smallest absolute Gasteiger partial charge is 0.129 e. The van der Waals surface area contributed by atoms with Gasteiger partial charge in [0.15, 0.2) is 0 Å². The van der Waals surface area contributed by atoms with Crippen molar-refractivity contribution in [3.63, 3.8) is 0 Å². The molecule has 0 radical (unpaired) electrons. The molecular formula is C11H13ClFN. The summed E-state index contributed by atoms with van der Waals surface area (Å²) >= 11 is 5.66. The van der Waals surface area contributed by atoms with Crippen molar-refractivity contribution < 1.29 is 4.39 Å². The van der Waals surface area contributed by atoms with Gasteiger partial charge in [0.1, 0.15) is 5.82 Å². The zero-order valence-corrected chi connectivity index (χ0v) is 8.81. The Balaban J connectivity index is 2.97. The molecule has 1 nitrogen and oxygen atoms in total. The number of nitrogens with one attached hydrogen (secondary N) is 1. The van der Waals surface area contributed by atoms with Crippen LogP contribution in [0, 0.1) is 5.82 Å². The van der Waals surface area contributed by atoms with Gasteiger partial charge < -0.3 is 5.32 Å². The molecule has 1 unspecified atom stereocenters. The normalized spacial score (nSPS) is 12.5.